The molecule has 1 saturated heterocycles. The number of ether oxygens (including phenoxy) is 1. The summed E-state index contributed by atoms with van der Waals surface area (Å²) < 4.78 is 5.37. The highest BCUT2D eigenvalue weighted by molar-refractivity contribution is 7.11. The van der Waals surface area contributed by atoms with Gasteiger partial charge in [-0.2, -0.15) is 0 Å². The minimum absolute atomic E-state index is 0.411. The maximum Gasteiger partial charge on any atom is 0.0900 e. The van der Waals surface area contributed by atoms with Crippen LogP contribution in [0.4, 0.5) is 0 Å². The van der Waals surface area contributed by atoms with Crippen LogP contribution in [0, 0.1) is 13.8 Å². The fraction of sp³-hybridized carbons (Fsp3) is 0.750. The average Bonchev–Trinajstić information content (AvgIpc) is 2.59. The molecule has 0 spiro atoms. The molecular formula is C12H20N2OS. The largest absolute Gasteiger partial charge is 0.381 e. The van der Waals surface area contributed by atoms with Gasteiger partial charge in [-0.25, -0.2) is 4.98 Å². The van der Waals surface area contributed by atoms with Gasteiger partial charge in [0.05, 0.1) is 10.7 Å². The van der Waals surface area contributed by atoms with Crippen LogP contribution in [0.15, 0.2) is 0 Å². The summed E-state index contributed by atoms with van der Waals surface area (Å²) in [4.78, 5) is 5.86. The first kappa shape index (κ1) is 12.0. The highest BCUT2D eigenvalue weighted by Crippen LogP contribution is 2.25. The standard InChI is InChI=1S/C12H20N2OS/c1-8-12(16-10(3)13-8)9(2)14-11-4-6-15-7-5-11/h9,11,14H,4-7H2,1-3H3. The topological polar surface area (TPSA) is 34.2 Å². The minimum Gasteiger partial charge on any atom is -0.381 e. The van der Waals surface area contributed by atoms with Crippen LogP contribution in [0.2, 0.25) is 0 Å². The molecule has 4 heteroatoms. The van der Waals surface area contributed by atoms with Crippen LogP contribution in [0.3, 0.4) is 0 Å². The van der Waals surface area contributed by atoms with E-state index in [0.29, 0.717) is 12.1 Å². The van der Waals surface area contributed by atoms with Gasteiger partial charge in [0.1, 0.15) is 0 Å². The molecule has 2 rings (SSSR count). The molecule has 1 unspecified atom stereocenters. The lowest BCUT2D eigenvalue weighted by molar-refractivity contribution is 0.0755. The van der Waals surface area contributed by atoms with Crippen molar-refractivity contribution in [3.63, 3.8) is 0 Å². The molecule has 0 saturated carbocycles. The summed E-state index contributed by atoms with van der Waals surface area (Å²) >= 11 is 1.81. The normalized spacial score (nSPS) is 19.9. The van der Waals surface area contributed by atoms with Gasteiger partial charge in [-0.15, -0.1) is 11.3 Å². The second-order valence-electron chi connectivity index (χ2n) is 4.46. The second kappa shape index (κ2) is 5.25. The molecule has 16 heavy (non-hydrogen) atoms. The van der Waals surface area contributed by atoms with Crippen LogP contribution in [0.5, 0.6) is 0 Å². The van der Waals surface area contributed by atoms with Gasteiger partial charge in [-0.05, 0) is 33.6 Å². The highest BCUT2D eigenvalue weighted by Gasteiger charge is 2.19. The molecule has 1 aromatic rings. The number of nitrogens with one attached hydrogen (secondary N) is 1. The Morgan fingerprint density at radius 2 is 2.06 bits per heavy atom. The highest BCUT2D eigenvalue weighted by atomic mass is 32.1. The van der Waals surface area contributed by atoms with Crippen molar-refractivity contribution in [3.8, 4) is 0 Å². The summed E-state index contributed by atoms with van der Waals surface area (Å²) in [5.41, 5.74) is 1.18. The minimum atomic E-state index is 0.411. The lowest BCUT2D eigenvalue weighted by atomic mass is 10.1. The molecule has 0 aliphatic carbocycles. The predicted octanol–water partition coefficient (Wildman–Crippen LogP) is 2.59. The van der Waals surface area contributed by atoms with Gasteiger partial charge in [0, 0.05) is 30.2 Å². The monoisotopic (exact) mass is 240 g/mol. The summed E-state index contributed by atoms with van der Waals surface area (Å²) in [6.07, 6.45) is 2.25. The quantitative estimate of drug-likeness (QED) is 0.882. The Labute approximate surface area is 101 Å². The molecule has 90 valence electrons. The van der Waals surface area contributed by atoms with E-state index < -0.39 is 0 Å². The zero-order chi connectivity index (χ0) is 11.5. The van der Waals surface area contributed by atoms with Gasteiger partial charge in [-0.3, -0.25) is 0 Å². The van der Waals surface area contributed by atoms with Crippen molar-refractivity contribution in [1.29, 1.82) is 0 Å². The average molecular weight is 240 g/mol. The first-order valence-electron chi connectivity index (χ1n) is 5.94. The number of hydrogen-bond donors (Lipinski definition) is 1. The third-order valence-corrected chi connectivity index (χ3v) is 4.30. The third-order valence-electron chi connectivity index (χ3n) is 3.04. The first-order valence-corrected chi connectivity index (χ1v) is 6.76. The maximum absolute atomic E-state index is 5.37. The van der Waals surface area contributed by atoms with Gasteiger partial charge >= 0.3 is 0 Å². The molecule has 1 N–H and O–H groups in total. The number of aromatic nitrogens is 1. The number of aryl methyl sites for hydroxylation is 2. The summed E-state index contributed by atoms with van der Waals surface area (Å²) in [5.74, 6) is 0. The molecule has 0 amide bonds. The van der Waals surface area contributed by atoms with E-state index in [1.54, 1.807) is 11.3 Å². The lowest BCUT2D eigenvalue weighted by Crippen LogP contribution is -2.36. The molecule has 2 heterocycles. The molecule has 0 radical (unpaired) electrons. The molecule has 3 nitrogen and oxygen atoms in total. The van der Waals surface area contributed by atoms with Gasteiger partial charge in [0.15, 0.2) is 0 Å². The van der Waals surface area contributed by atoms with Crippen LogP contribution in [-0.4, -0.2) is 24.2 Å². The van der Waals surface area contributed by atoms with E-state index in [2.05, 4.69) is 31.1 Å². The summed E-state index contributed by atoms with van der Waals surface area (Å²) in [7, 11) is 0. The maximum atomic E-state index is 5.37. The zero-order valence-electron chi connectivity index (χ0n) is 10.2. The molecule has 0 bridgehead atoms. The number of hydrogen-bond acceptors (Lipinski definition) is 4. The molecule has 0 aromatic carbocycles. The molecule has 1 aliphatic rings. The van der Waals surface area contributed by atoms with Crippen molar-refractivity contribution >= 4 is 11.3 Å². The summed E-state index contributed by atoms with van der Waals surface area (Å²) in [6.45, 7) is 8.19. The van der Waals surface area contributed by atoms with Gasteiger partial charge in [0.25, 0.3) is 0 Å². The van der Waals surface area contributed by atoms with Crippen molar-refractivity contribution in [3.05, 3.63) is 15.6 Å². The Morgan fingerprint density at radius 1 is 1.38 bits per heavy atom. The third kappa shape index (κ3) is 2.81. The number of thiazole rings is 1. The Kier molecular flexibility index (Phi) is 3.95. The Bertz CT molecular complexity index is 345. The molecular weight excluding hydrogens is 220 g/mol. The Morgan fingerprint density at radius 3 is 2.62 bits per heavy atom. The van der Waals surface area contributed by atoms with Crippen molar-refractivity contribution in [2.75, 3.05) is 13.2 Å². The van der Waals surface area contributed by atoms with Gasteiger partial charge in [-0.1, -0.05) is 0 Å². The zero-order valence-corrected chi connectivity index (χ0v) is 11.1. The van der Waals surface area contributed by atoms with Crippen molar-refractivity contribution in [2.45, 2.75) is 45.7 Å². The van der Waals surface area contributed by atoms with E-state index in [9.17, 15) is 0 Å². The predicted molar refractivity (Wildman–Crippen MR) is 67.0 cm³/mol. The second-order valence-corrected chi connectivity index (χ2v) is 5.69. The van der Waals surface area contributed by atoms with Crippen LogP contribution in [-0.2, 0) is 4.74 Å². The first-order chi connectivity index (χ1) is 7.66. The molecule has 1 fully saturated rings. The SMILES string of the molecule is Cc1nc(C)c(C(C)NC2CCOCC2)s1. The fourth-order valence-corrected chi connectivity index (χ4v) is 3.18. The molecule has 1 aliphatic heterocycles. The van der Waals surface area contributed by atoms with Crippen LogP contribution >= 0.6 is 11.3 Å². The number of rotatable bonds is 3. The molecule has 1 aromatic heterocycles. The van der Waals surface area contributed by atoms with E-state index >= 15 is 0 Å². The van der Waals surface area contributed by atoms with E-state index in [1.807, 2.05) is 0 Å². The summed E-state index contributed by atoms with van der Waals surface area (Å²) in [6, 6.07) is 1.01. The van der Waals surface area contributed by atoms with Crippen molar-refractivity contribution < 1.29 is 4.74 Å². The summed E-state index contributed by atoms with van der Waals surface area (Å²) in [5, 5.41) is 4.84. The van der Waals surface area contributed by atoms with E-state index in [1.165, 1.54) is 10.6 Å². The van der Waals surface area contributed by atoms with E-state index in [4.69, 9.17) is 4.74 Å². The van der Waals surface area contributed by atoms with Crippen molar-refractivity contribution in [1.82, 2.24) is 10.3 Å². The lowest BCUT2D eigenvalue weighted by Gasteiger charge is -2.26. The smallest absolute Gasteiger partial charge is 0.0900 e. The van der Waals surface area contributed by atoms with Gasteiger partial charge in [0.2, 0.25) is 0 Å². The van der Waals surface area contributed by atoms with Gasteiger partial charge < -0.3 is 10.1 Å². The number of nitrogens with zero attached hydrogens (tertiary/aromatic N) is 1. The van der Waals surface area contributed by atoms with Crippen LogP contribution < -0.4 is 5.32 Å². The Balaban J connectivity index is 1.96. The van der Waals surface area contributed by atoms with Crippen LogP contribution in [0.1, 0.15) is 41.4 Å². The Hall–Kier alpha value is -0.450. The molecule has 1 atom stereocenters. The fourth-order valence-electron chi connectivity index (χ4n) is 2.24. The van der Waals surface area contributed by atoms with E-state index in [-0.39, 0.29) is 0 Å². The van der Waals surface area contributed by atoms with E-state index in [0.717, 1.165) is 31.1 Å². The van der Waals surface area contributed by atoms with Crippen molar-refractivity contribution in [2.24, 2.45) is 0 Å². The van der Waals surface area contributed by atoms with Crippen LogP contribution in [0.25, 0.3) is 0 Å².